The number of non-ortho nitro benzene ring substituents is 1. The number of rotatable bonds is 7. The summed E-state index contributed by atoms with van der Waals surface area (Å²) in [5.41, 5.74) is 1.22. The third kappa shape index (κ3) is 5.86. The molecule has 9 nitrogen and oxygen atoms in total. The number of nitro benzene ring substituents is 1. The number of benzene rings is 2. The smallest absolute Gasteiger partial charge is 0.346 e. The molecule has 0 unspecified atom stereocenters. The maximum atomic E-state index is 11.9. The van der Waals surface area contributed by atoms with Crippen LogP contribution in [0.5, 0.6) is 5.75 Å². The van der Waals surface area contributed by atoms with Gasteiger partial charge < -0.3 is 10.1 Å². The lowest BCUT2D eigenvalue weighted by atomic mass is 10.1. The molecule has 0 bridgehead atoms. The first-order valence-electron chi connectivity index (χ1n) is 8.50. The van der Waals surface area contributed by atoms with Gasteiger partial charge in [-0.1, -0.05) is 24.3 Å². The maximum absolute atomic E-state index is 11.9. The molecule has 9 heteroatoms. The molecule has 1 heterocycles. The largest absolute Gasteiger partial charge is 0.484 e. The number of amides is 1. The Morgan fingerprint density at radius 1 is 1.07 bits per heavy atom. The normalized spacial score (nSPS) is 10.6. The van der Waals surface area contributed by atoms with Gasteiger partial charge >= 0.3 is 5.69 Å². The molecule has 2 N–H and O–H groups in total. The molecular weight excluding hydrogens is 376 g/mol. The lowest BCUT2D eigenvalue weighted by molar-refractivity contribution is -0.384. The van der Waals surface area contributed by atoms with Crippen molar-refractivity contribution >= 4 is 29.6 Å². The van der Waals surface area contributed by atoms with Crippen LogP contribution in [0, 0.1) is 10.1 Å². The first-order chi connectivity index (χ1) is 14.0. The number of hydrogen-bond donors (Lipinski definition) is 2. The Labute approximate surface area is 164 Å². The van der Waals surface area contributed by atoms with Gasteiger partial charge in [-0.2, -0.15) is 0 Å². The number of H-pyrrole nitrogens is 1. The van der Waals surface area contributed by atoms with Crippen LogP contribution in [0.4, 0.5) is 11.5 Å². The molecule has 146 valence electrons. The molecule has 3 aromatic rings. The van der Waals surface area contributed by atoms with E-state index in [9.17, 15) is 19.7 Å². The van der Waals surface area contributed by atoms with Crippen molar-refractivity contribution in [3.8, 4) is 5.75 Å². The summed E-state index contributed by atoms with van der Waals surface area (Å²) in [7, 11) is 0. The van der Waals surface area contributed by atoms with E-state index in [2.05, 4.69) is 15.3 Å². The molecule has 0 spiro atoms. The van der Waals surface area contributed by atoms with Crippen molar-refractivity contribution in [1.29, 1.82) is 0 Å². The summed E-state index contributed by atoms with van der Waals surface area (Å²) in [6.07, 6.45) is 4.98. The van der Waals surface area contributed by atoms with Gasteiger partial charge in [0, 0.05) is 18.3 Å². The Balaban J connectivity index is 1.52. The number of anilines is 1. The lowest BCUT2D eigenvalue weighted by Gasteiger charge is -2.07. The first kappa shape index (κ1) is 19.5. The molecule has 29 heavy (non-hydrogen) atoms. The fourth-order valence-electron chi connectivity index (χ4n) is 2.35. The minimum atomic E-state index is -0.555. The highest BCUT2D eigenvalue weighted by molar-refractivity contribution is 5.90. The number of nitrogens with zero attached hydrogens (tertiary/aromatic N) is 2. The minimum absolute atomic E-state index is 0.0444. The highest BCUT2D eigenvalue weighted by Crippen LogP contribution is 2.16. The van der Waals surface area contributed by atoms with Crippen molar-refractivity contribution in [2.45, 2.75) is 0 Å². The molecule has 0 aliphatic heterocycles. The van der Waals surface area contributed by atoms with E-state index in [-0.39, 0.29) is 18.1 Å². The molecule has 2 aromatic carbocycles. The zero-order valence-corrected chi connectivity index (χ0v) is 15.1. The van der Waals surface area contributed by atoms with E-state index < -0.39 is 16.5 Å². The van der Waals surface area contributed by atoms with Gasteiger partial charge in [0.1, 0.15) is 11.6 Å². The fourth-order valence-corrected chi connectivity index (χ4v) is 2.35. The van der Waals surface area contributed by atoms with Crippen LogP contribution in [-0.2, 0) is 4.79 Å². The van der Waals surface area contributed by atoms with E-state index in [1.807, 2.05) is 24.3 Å². The average Bonchev–Trinajstić information content (AvgIpc) is 2.72. The van der Waals surface area contributed by atoms with Gasteiger partial charge in [-0.15, -0.1) is 0 Å². The number of nitrogens with one attached hydrogen (secondary N) is 2. The summed E-state index contributed by atoms with van der Waals surface area (Å²) in [6, 6.07) is 14.8. The molecule has 1 aromatic heterocycles. The van der Waals surface area contributed by atoms with Gasteiger partial charge in [0.25, 0.3) is 11.6 Å². The highest BCUT2D eigenvalue weighted by atomic mass is 16.6. The summed E-state index contributed by atoms with van der Waals surface area (Å²) in [4.78, 5) is 39.0. The number of aromatic amines is 1. The van der Waals surface area contributed by atoms with Gasteiger partial charge in [0.2, 0.25) is 0 Å². The lowest BCUT2D eigenvalue weighted by Crippen LogP contribution is -2.22. The second-order valence-electron chi connectivity index (χ2n) is 5.88. The molecule has 0 saturated carbocycles. The summed E-state index contributed by atoms with van der Waals surface area (Å²) < 4.78 is 5.42. The third-order valence-electron chi connectivity index (χ3n) is 3.77. The first-order valence-corrected chi connectivity index (χ1v) is 8.50. The van der Waals surface area contributed by atoms with E-state index in [1.54, 1.807) is 24.3 Å². The van der Waals surface area contributed by atoms with E-state index in [4.69, 9.17) is 4.74 Å². The fraction of sp³-hybridized carbons (Fsp3) is 0.0500. The molecule has 0 aliphatic carbocycles. The van der Waals surface area contributed by atoms with Crippen LogP contribution >= 0.6 is 0 Å². The Morgan fingerprint density at radius 2 is 1.69 bits per heavy atom. The van der Waals surface area contributed by atoms with Crippen molar-refractivity contribution in [2.24, 2.45) is 0 Å². The Kier molecular flexibility index (Phi) is 6.11. The molecule has 0 fully saturated rings. The number of ether oxygens (including phenoxy) is 1. The van der Waals surface area contributed by atoms with E-state index in [0.717, 1.165) is 11.1 Å². The Hall–Kier alpha value is -4.27. The third-order valence-corrected chi connectivity index (χ3v) is 3.77. The van der Waals surface area contributed by atoms with Crippen LogP contribution in [-0.4, -0.2) is 27.4 Å². The minimum Gasteiger partial charge on any atom is -0.484 e. The van der Waals surface area contributed by atoms with Gasteiger partial charge in [0.05, 0.1) is 4.92 Å². The van der Waals surface area contributed by atoms with Gasteiger partial charge in [-0.05, 0) is 41.5 Å². The number of nitro groups is 1. The van der Waals surface area contributed by atoms with Crippen molar-refractivity contribution in [1.82, 2.24) is 9.97 Å². The molecule has 0 radical (unpaired) electrons. The SMILES string of the molecule is O=C(COc1ccc(/C=C/c2ccc([N+](=O)[O-])cc2)cc1)Nc1ccnc(=O)[nH]1. The van der Waals surface area contributed by atoms with Crippen molar-refractivity contribution < 1.29 is 14.5 Å². The predicted octanol–water partition coefficient (Wildman–Crippen LogP) is 2.87. The van der Waals surface area contributed by atoms with E-state index in [0.29, 0.717) is 5.75 Å². The maximum Gasteiger partial charge on any atom is 0.346 e. The van der Waals surface area contributed by atoms with E-state index in [1.165, 1.54) is 24.4 Å². The number of carbonyl (C=O) groups is 1. The van der Waals surface area contributed by atoms with Gasteiger partial charge in [-0.25, -0.2) is 9.78 Å². The van der Waals surface area contributed by atoms with Crippen molar-refractivity contribution in [2.75, 3.05) is 11.9 Å². The summed E-state index contributed by atoms with van der Waals surface area (Å²) in [6.45, 7) is -0.220. The molecule has 0 atom stereocenters. The number of carbonyl (C=O) groups excluding carboxylic acids is 1. The average molecular weight is 392 g/mol. The van der Waals surface area contributed by atoms with Gasteiger partial charge in [-0.3, -0.25) is 19.9 Å². The van der Waals surface area contributed by atoms with Gasteiger partial charge in [0.15, 0.2) is 6.61 Å². The summed E-state index contributed by atoms with van der Waals surface area (Å²) in [5, 5.41) is 13.2. The number of aromatic nitrogens is 2. The summed E-state index contributed by atoms with van der Waals surface area (Å²) >= 11 is 0. The van der Waals surface area contributed by atoms with Crippen LogP contribution in [0.2, 0.25) is 0 Å². The molecule has 3 rings (SSSR count). The molecular formula is C20H16N4O5. The monoisotopic (exact) mass is 392 g/mol. The standard InChI is InChI=1S/C20H16N4O5/c25-19(22-18-11-12-21-20(26)23-18)13-29-17-9-5-15(6-10-17)2-1-14-3-7-16(8-4-14)24(27)28/h1-12H,13H2,(H2,21,22,23,25,26)/b2-1+. The predicted molar refractivity (Wildman–Crippen MR) is 107 cm³/mol. The van der Waals surface area contributed by atoms with Crippen LogP contribution < -0.4 is 15.7 Å². The van der Waals surface area contributed by atoms with Crippen LogP contribution in [0.25, 0.3) is 12.2 Å². The summed E-state index contributed by atoms with van der Waals surface area (Å²) in [5.74, 6) is 0.329. The zero-order chi connectivity index (χ0) is 20.6. The van der Waals surface area contributed by atoms with Crippen LogP contribution in [0.1, 0.15) is 11.1 Å². The molecule has 0 aliphatic rings. The van der Waals surface area contributed by atoms with Crippen molar-refractivity contribution in [3.05, 3.63) is 92.5 Å². The zero-order valence-electron chi connectivity index (χ0n) is 15.1. The van der Waals surface area contributed by atoms with Crippen molar-refractivity contribution in [3.63, 3.8) is 0 Å². The Bertz CT molecular complexity index is 1090. The Morgan fingerprint density at radius 3 is 2.28 bits per heavy atom. The highest BCUT2D eigenvalue weighted by Gasteiger charge is 2.05. The second kappa shape index (κ2) is 9.09. The quantitative estimate of drug-likeness (QED) is 0.362. The van der Waals surface area contributed by atoms with Crippen LogP contribution in [0.3, 0.4) is 0 Å². The topological polar surface area (TPSA) is 127 Å². The molecule has 0 saturated heterocycles. The van der Waals surface area contributed by atoms with E-state index >= 15 is 0 Å². The number of hydrogen-bond acceptors (Lipinski definition) is 6. The molecule has 1 amide bonds. The van der Waals surface area contributed by atoms with Crippen LogP contribution in [0.15, 0.2) is 65.6 Å². The second-order valence-corrected chi connectivity index (χ2v) is 5.88.